The molecule has 0 amide bonds. The fourth-order valence-electron chi connectivity index (χ4n) is 1.90. The molecule has 1 aromatic rings. The second kappa shape index (κ2) is 7.11. The van der Waals surface area contributed by atoms with Crippen LogP contribution in [0.2, 0.25) is 0 Å². The normalized spacial score (nSPS) is 12.4. The van der Waals surface area contributed by atoms with Crippen LogP contribution in [0.25, 0.3) is 0 Å². The lowest BCUT2D eigenvalue weighted by Crippen LogP contribution is -2.19. The van der Waals surface area contributed by atoms with Crippen LogP contribution in [0.3, 0.4) is 0 Å². The summed E-state index contributed by atoms with van der Waals surface area (Å²) in [6.07, 6.45) is 3.56. The molecule has 1 atom stereocenters. The molecule has 0 saturated heterocycles. The molecule has 0 aliphatic carbocycles. The fraction of sp³-hybridized carbons (Fsp3) is 0.571. The molecule has 1 aromatic carbocycles. The molecule has 0 radical (unpaired) electrons. The summed E-state index contributed by atoms with van der Waals surface area (Å²) in [6.45, 7) is 6.94. The molecule has 0 saturated carbocycles. The van der Waals surface area contributed by atoms with Gasteiger partial charge < -0.3 is 5.32 Å². The van der Waals surface area contributed by atoms with Gasteiger partial charge in [0.2, 0.25) is 0 Å². The SMILES string of the molecule is CCCCCNC(C)c1ccc(C)c([N+](=O)[O-])c1. The Morgan fingerprint density at radius 1 is 1.39 bits per heavy atom. The first-order valence-corrected chi connectivity index (χ1v) is 6.54. The van der Waals surface area contributed by atoms with Gasteiger partial charge in [-0.3, -0.25) is 10.1 Å². The van der Waals surface area contributed by atoms with Crippen LogP contribution in [0.15, 0.2) is 18.2 Å². The zero-order valence-corrected chi connectivity index (χ0v) is 11.4. The summed E-state index contributed by atoms with van der Waals surface area (Å²) in [5, 5.41) is 14.3. The summed E-state index contributed by atoms with van der Waals surface area (Å²) in [6, 6.07) is 5.60. The van der Waals surface area contributed by atoms with Gasteiger partial charge in [0.15, 0.2) is 0 Å². The number of rotatable bonds is 7. The minimum atomic E-state index is -0.317. The van der Waals surface area contributed by atoms with Crippen molar-refractivity contribution in [1.82, 2.24) is 5.32 Å². The van der Waals surface area contributed by atoms with Gasteiger partial charge in [0.25, 0.3) is 5.69 Å². The highest BCUT2D eigenvalue weighted by atomic mass is 16.6. The fourth-order valence-corrected chi connectivity index (χ4v) is 1.90. The monoisotopic (exact) mass is 250 g/mol. The summed E-state index contributed by atoms with van der Waals surface area (Å²) in [7, 11) is 0. The van der Waals surface area contributed by atoms with Gasteiger partial charge in [-0.2, -0.15) is 0 Å². The minimum Gasteiger partial charge on any atom is -0.310 e. The number of aryl methyl sites for hydroxylation is 1. The predicted octanol–water partition coefficient (Wildman–Crippen LogP) is 3.74. The van der Waals surface area contributed by atoms with Gasteiger partial charge in [-0.1, -0.05) is 31.9 Å². The van der Waals surface area contributed by atoms with E-state index >= 15 is 0 Å². The molecule has 0 spiro atoms. The molecular weight excluding hydrogens is 228 g/mol. The Kier molecular flexibility index (Phi) is 5.78. The number of nitrogens with zero attached hydrogens (tertiary/aromatic N) is 1. The Bertz CT molecular complexity index is 405. The summed E-state index contributed by atoms with van der Waals surface area (Å²) >= 11 is 0. The Morgan fingerprint density at radius 3 is 2.72 bits per heavy atom. The van der Waals surface area contributed by atoms with E-state index in [4.69, 9.17) is 0 Å². The molecule has 0 aliphatic rings. The molecule has 1 N–H and O–H groups in total. The maximum Gasteiger partial charge on any atom is 0.272 e. The van der Waals surface area contributed by atoms with E-state index in [0.29, 0.717) is 5.56 Å². The van der Waals surface area contributed by atoms with Crippen molar-refractivity contribution in [3.05, 3.63) is 39.4 Å². The number of hydrogen-bond acceptors (Lipinski definition) is 3. The number of benzene rings is 1. The molecule has 4 nitrogen and oxygen atoms in total. The number of hydrogen-bond donors (Lipinski definition) is 1. The van der Waals surface area contributed by atoms with Crippen LogP contribution in [-0.4, -0.2) is 11.5 Å². The minimum absolute atomic E-state index is 0.154. The highest BCUT2D eigenvalue weighted by molar-refractivity contribution is 5.43. The van der Waals surface area contributed by atoms with E-state index in [-0.39, 0.29) is 16.7 Å². The third-order valence-electron chi connectivity index (χ3n) is 3.16. The second-order valence-electron chi connectivity index (χ2n) is 4.69. The first kappa shape index (κ1) is 14.6. The molecule has 0 heterocycles. The van der Waals surface area contributed by atoms with Crippen LogP contribution in [0.5, 0.6) is 0 Å². The maximum atomic E-state index is 10.9. The number of nitro groups is 1. The van der Waals surface area contributed by atoms with Crippen LogP contribution in [0.1, 0.15) is 50.3 Å². The van der Waals surface area contributed by atoms with Crippen LogP contribution in [0, 0.1) is 17.0 Å². The van der Waals surface area contributed by atoms with E-state index < -0.39 is 0 Å². The number of unbranched alkanes of at least 4 members (excludes halogenated alkanes) is 2. The van der Waals surface area contributed by atoms with Crippen molar-refractivity contribution in [1.29, 1.82) is 0 Å². The molecule has 4 heteroatoms. The lowest BCUT2D eigenvalue weighted by atomic mass is 10.0. The van der Waals surface area contributed by atoms with Crippen molar-refractivity contribution in [3.8, 4) is 0 Å². The quantitative estimate of drug-likeness (QED) is 0.455. The zero-order chi connectivity index (χ0) is 13.5. The Morgan fingerprint density at radius 2 is 2.11 bits per heavy atom. The molecule has 100 valence electrons. The summed E-state index contributed by atoms with van der Waals surface area (Å²) < 4.78 is 0. The number of nitrogens with one attached hydrogen (secondary N) is 1. The van der Waals surface area contributed by atoms with Crippen molar-refractivity contribution in [3.63, 3.8) is 0 Å². The van der Waals surface area contributed by atoms with E-state index in [1.165, 1.54) is 12.8 Å². The van der Waals surface area contributed by atoms with Gasteiger partial charge >= 0.3 is 0 Å². The van der Waals surface area contributed by atoms with Gasteiger partial charge in [-0.25, -0.2) is 0 Å². The van der Waals surface area contributed by atoms with Crippen molar-refractivity contribution in [2.24, 2.45) is 0 Å². The van der Waals surface area contributed by atoms with E-state index in [2.05, 4.69) is 12.2 Å². The van der Waals surface area contributed by atoms with Gasteiger partial charge in [0, 0.05) is 17.7 Å². The summed E-state index contributed by atoms with van der Waals surface area (Å²) in [5.74, 6) is 0. The molecule has 0 aromatic heterocycles. The third kappa shape index (κ3) is 4.11. The lowest BCUT2D eigenvalue weighted by Gasteiger charge is -2.14. The molecule has 0 bridgehead atoms. The van der Waals surface area contributed by atoms with Crippen molar-refractivity contribution >= 4 is 5.69 Å². The highest BCUT2D eigenvalue weighted by Gasteiger charge is 2.13. The van der Waals surface area contributed by atoms with E-state index in [9.17, 15) is 10.1 Å². The van der Waals surface area contributed by atoms with Crippen molar-refractivity contribution in [2.45, 2.75) is 46.1 Å². The van der Waals surface area contributed by atoms with Gasteiger partial charge in [0.1, 0.15) is 0 Å². The van der Waals surface area contributed by atoms with Gasteiger partial charge in [-0.05, 0) is 32.4 Å². The summed E-state index contributed by atoms with van der Waals surface area (Å²) in [5.41, 5.74) is 1.89. The molecule has 1 rings (SSSR count). The van der Waals surface area contributed by atoms with Crippen LogP contribution >= 0.6 is 0 Å². The topological polar surface area (TPSA) is 55.2 Å². The van der Waals surface area contributed by atoms with Crippen LogP contribution < -0.4 is 5.32 Å². The largest absolute Gasteiger partial charge is 0.310 e. The summed E-state index contributed by atoms with van der Waals surface area (Å²) in [4.78, 5) is 10.6. The van der Waals surface area contributed by atoms with Crippen LogP contribution in [0.4, 0.5) is 5.69 Å². The van der Waals surface area contributed by atoms with E-state index in [1.807, 2.05) is 19.1 Å². The number of nitro benzene ring substituents is 1. The first-order valence-electron chi connectivity index (χ1n) is 6.54. The zero-order valence-electron chi connectivity index (χ0n) is 11.4. The first-order chi connectivity index (χ1) is 8.56. The smallest absolute Gasteiger partial charge is 0.272 e. The average molecular weight is 250 g/mol. The maximum absolute atomic E-state index is 10.9. The second-order valence-corrected chi connectivity index (χ2v) is 4.69. The van der Waals surface area contributed by atoms with Crippen LogP contribution in [-0.2, 0) is 0 Å². The molecule has 18 heavy (non-hydrogen) atoms. The predicted molar refractivity (Wildman–Crippen MR) is 73.8 cm³/mol. The van der Waals surface area contributed by atoms with Gasteiger partial charge in [-0.15, -0.1) is 0 Å². The van der Waals surface area contributed by atoms with E-state index in [1.54, 1.807) is 13.0 Å². The Balaban J connectivity index is 2.65. The molecule has 0 fully saturated rings. The van der Waals surface area contributed by atoms with Gasteiger partial charge in [0.05, 0.1) is 4.92 Å². The molecular formula is C14H22N2O2. The third-order valence-corrected chi connectivity index (χ3v) is 3.16. The standard InChI is InChI=1S/C14H22N2O2/c1-4-5-6-9-15-12(3)13-8-7-11(2)14(10-13)16(17)18/h7-8,10,12,15H,4-6,9H2,1-3H3. The van der Waals surface area contributed by atoms with E-state index in [0.717, 1.165) is 18.5 Å². The molecule has 1 unspecified atom stereocenters. The Labute approximate surface area is 109 Å². The average Bonchev–Trinajstić information content (AvgIpc) is 2.34. The molecule has 0 aliphatic heterocycles. The lowest BCUT2D eigenvalue weighted by molar-refractivity contribution is -0.385. The highest BCUT2D eigenvalue weighted by Crippen LogP contribution is 2.23. The van der Waals surface area contributed by atoms with Crippen molar-refractivity contribution < 1.29 is 4.92 Å². The van der Waals surface area contributed by atoms with Crippen molar-refractivity contribution in [2.75, 3.05) is 6.54 Å². The Hall–Kier alpha value is -1.42.